The molecule has 1 aromatic carbocycles. The van der Waals surface area contributed by atoms with Gasteiger partial charge < -0.3 is 14.2 Å². The van der Waals surface area contributed by atoms with E-state index in [4.69, 9.17) is 14.2 Å². The number of benzene rings is 1. The van der Waals surface area contributed by atoms with Gasteiger partial charge in [0.1, 0.15) is 5.75 Å². The van der Waals surface area contributed by atoms with Gasteiger partial charge in [-0.15, -0.1) is 5.10 Å². The molecular weight excluding hydrogens is 386 g/mol. The molecular formula is C22H27N3O5. The Bertz CT molecular complexity index is 954. The Morgan fingerprint density at radius 3 is 2.83 bits per heavy atom. The number of carbonyl (C=O) groups excluding carboxylic acids is 2. The Hall–Kier alpha value is -3.00. The van der Waals surface area contributed by atoms with Gasteiger partial charge in [-0.1, -0.05) is 23.9 Å². The van der Waals surface area contributed by atoms with Crippen LogP contribution in [0.4, 0.5) is 0 Å². The Labute approximate surface area is 175 Å². The van der Waals surface area contributed by atoms with E-state index in [0.717, 1.165) is 17.0 Å². The van der Waals surface area contributed by atoms with Gasteiger partial charge in [0.05, 0.1) is 38.7 Å². The van der Waals surface area contributed by atoms with Gasteiger partial charge in [0.25, 0.3) is 0 Å². The third-order valence-electron chi connectivity index (χ3n) is 5.60. The van der Waals surface area contributed by atoms with Gasteiger partial charge in [0.2, 0.25) is 0 Å². The zero-order valence-electron chi connectivity index (χ0n) is 17.8. The molecule has 0 unspecified atom stereocenters. The van der Waals surface area contributed by atoms with Crippen LogP contribution in [0, 0.1) is 5.41 Å². The number of ether oxygens (including phenoxy) is 3. The Kier molecular flexibility index (Phi) is 6.36. The summed E-state index contributed by atoms with van der Waals surface area (Å²) in [4.78, 5) is 25.2. The number of methoxy groups -OCH3 is 2. The van der Waals surface area contributed by atoms with Gasteiger partial charge in [-0.25, -0.2) is 4.68 Å². The van der Waals surface area contributed by atoms with Crippen LogP contribution in [-0.2, 0) is 32.0 Å². The highest BCUT2D eigenvalue weighted by atomic mass is 16.5. The molecule has 0 bridgehead atoms. The van der Waals surface area contributed by atoms with Crippen molar-refractivity contribution in [1.82, 2.24) is 15.0 Å². The maximum Gasteiger partial charge on any atom is 0.322 e. The summed E-state index contributed by atoms with van der Waals surface area (Å²) in [7, 11) is 2.89. The minimum absolute atomic E-state index is 0.281. The molecule has 1 aromatic heterocycles. The van der Waals surface area contributed by atoms with Crippen LogP contribution in [-0.4, -0.2) is 53.2 Å². The second-order valence-corrected chi connectivity index (χ2v) is 7.61. The molecule has 1 aliphatic heterocycles. The van der Waals surface area contributed by atoms with E-state index in [-0.39, 0.29) is 11.4 Å². The number of nitrogens with zero attached hydrogens (tertiary/aromatic N) is 3. The number of Topliss-reactive ketones (excluding diaryl/α,β-unsaturated/α-hetero) is 1. The van der Waals surface area contributed by atoms with Gasteiger partial charge in [-0.3, -0.25) is 9.59 Å². The Morgan fingerprint density at radius 1 is 1.37 bits per heavy atom. The standard InChI is InChI=1S/C22H27N3O5/c1-14-15(2)30-19(22(3,20(14)26)21(27)29-5)10-9-17-13-25(24-23-17)12-16-7-6-8-18(11-16)28-4/h6-8,11,13,15,19H,1,9-10,12H2,2-5H3/t15-,19+,22-/m1/s1. The topological polar surface area (TPSA) is 92.5 Å². The van der Waals surface area contributed by atoms with Crippen molar-refractivity contribution in [2.24, 2.45) is 5.41 Å². The van der Waals surface area contributed by atoms with E-state index in [1.54, 1.807) is 25.6 Å². The van der Waals surface area contributed by atoms with E-state index in [2.05, 4.69) is 16.9 Å². The molecule has 2 heterocycles. The summed E-state index contributed by atoms with van der Waals surface area (Å²) in [5.41, 5.74) is 0.647. The summed E-state index contributed by atoms with van der Waals surface area (Å²) in [6.45, 7) is 7.65. The summed E-state index contributed by atoms with van der Waals surface area (Å²) in [5, 5.41) is 8.39. The Morgan fingerprint density at radius 2 is 2.13 bits per heavy atom. The minimum Gasteiger partial charge on any atom is -0.497 e. The number of carbonyl (C=O) groups is 2. The summed E-state index contributed by atoms with van der Waals surface area (Å²) >= 11 is 0. The number of hydrogen-bond acceptors (Lipinski definition) is 7. The van der Waals surface area contributed by atoms with Crippen LogP contribution < -0.4 is 4.74 Å². The quantitative estimate of drug-likeness (QED) is 0.391. The average molecular weight is 413 g/mol. The average Bonchev–Trinajstić information content (AvgIpc) is 3.20. The fraction of sp³-hybridized carbons (Fsp3) is 0.455. The highest BCUT2D eigenvalue weighted by Crippen LogP contribution is 2.39. The third kappa shape index (κ3) is 4.14. The molecule has 3 atom stereocenters. The van der Waals surface area contributed by atoms with Crippen LogP contribution in [0.25, 0.3) is 0 Å². The van der Waals surface area contributed by atoms with Crippen molar-refractivity contribution in [2.75, 3.05) is 14.2 Å². The molecule has 8 heteroatoms. The number of rotatable bonds is 7. The molecule has 0 amide bonds. The monoisotopic (exact) mass is 413 g/mol. The predicted molar refractivity (Wildman–Crippen MR) is 109 cm³/mol. The molecule has 0 radical (unpaired) electrons. The highest BCUT2D eigenvalue weighted by molar-refractivity contribution is 6.13. The van der Waals surface area contributed by atoms with Gasteiger partial charge >= 0.3 is 5.97 Å². The van der Waals surface area contributed by atoms with Crippen molar-refractivity contribution in [3.8, 4) is 5.75 Å². The van der Waals surface area contributed by atoms with Crippen molar-refractivity contribution in [2.45, 2.75) is 45.4 Å². The molecule has 1 aliphatic rings. The second kappa shape index (κ2) is 8.79. The molecule has 1 fully saturated rings. The van der Waals surface area contributed by atoms with E-state index >= 15 is 0 Å². The molecule has 0 N–H and O–H groups in total. The van der Waals surface area contributed by atoms with Crippen molar-refractivity contribution < 1.29 is 23.8 Å². The summed E-state index contributed by atoms with van der Waals surface area (Å²) in [6, 6.07) is 7.74. The third-order valence-corrected chi connectivity index (χ3v) is 5.60. The zero-order valence-corrected chi connectivity index (χ0v) is 17.8. The molecule has 30 heavy (non-hydrogen) atoms. The highest BCUT2D eigenvalue weighted by Gasteiger charge is 2.54. The first-order valence-corrected chi connectivity index (χ1v) is 9.79. The lowest BCUT2D eigenvalue weighted by Gasteiger charge is -2.41. The lowest BCUT2D eigenvalue weighted by atomic mass is 9.72. The van der Waals surface area contributed by atoms with Crippen molar-refractivity contribution >= 4 is 11.8 Å². The van der Waals surface area contributed by atoms with Gasteiger partial charge in [0, 0.05) is 11.8 Å². The minimum atomic E-state index is -1.42. The first-order valence-electron chi connectivity index (χ1n) is 9.79. The van der Waals surface area contributed by atoms with Crippen molar-refractivity contribution in [3.05, 3.63) is 53.9 Å². The molecule has 0 spiro atoms. The van der Waals surface area contributed by atoms with E-state index in [1.165, 1.54) is 7.11 Å². The van der Waals surface area contributed by atoms with E-state index < -0.39 is 23.6 Å². The van der Waals surface area contributed by atoms with E-state index in [0.29, 0.717) is 19.4 Å². The first-order chi connectivity index (χ1) is 14.3. The van der Waals surface area contributed by atoms with E-state index in [1.807, 2.05) is 30.5 Å². The van der Waals surface area contributed by atoms with E-state index in [9.17, 15) is 9.59 Å². The van der Waals surface area contributed by atoms with Gasteiger partial charge in [0.15, 0.2) is 11.2 Å². The maximum atomic E-state index is 12.8. The van der Waals surface area contributed by atoms with Gasteiger partial charge in [-0.2, -0.15) is 0 Å². The fourth-order valence-corrected chi connectivity index (χ4v) is 3.69. The Balaban J connectivity index is 1.70. The normalized spacial score (nSPS) is 24.0. The summed E-state index contributed by atoms with van der Waals surface area (Å²) in [6.07, 6.45) is 1.68. The van der Waals surface area contributed by atoms with Crippen LogP contribution in [0.3, 0.4) is 0 Å². The van der Waals surface area contributed by atoms with Crippen molar-refractivity contribution in [1.29, 1.82) is 0 Å². The first kappa shape index (κ1) is 21.7. The van der Waals surface area contributed by atoms with Crippen LogP contribution in [0.5, 0.6) is 5.75 Å². The number of aryl methyl sites for hydroxylation is 1. The van der Waals surface area contributed by atoms with Crippen LogP contribution in [0.1, 0.15) is 31.5 Å². The van der Waals surface area contributed by atoms with Gasteiger partial charge in [-0.05, 0) is 44.4 Å². The number of aromatic nitrogens is 3. The molecule has 0 saturated carbocycles. The van der Waals surface area contributed by atoms with Crippen LogP contribution in [0.2, 0.25) is 0 Å². The molecule has 1 saturated heterocycles. The van der Waals surface area contributed by atoms with Crippen LogP contribution >= 0.6 is 0 Å². The molecule has 8 nitrogen and oxygen atoms in total. The molecule has 2 aromatic rings. The molecule has 160 valence electrons. The lowest BCUT2D eigenvalue weighted by molar-refractivity contribution is -0.175. The van der Waals surface area contributed by atoms with Crippen LogP contribution in [0.15, 0.2) is 42.6 Å². The van der Waals surface area contributed by atoms with Crippen molar-refractivity contribution in [3.63, 3.8) is 0 Å². The lowest BCUT2D eigenvalue weighted by Crippen LogP contribution is -2.55. The maximum absolute atomic E-state index is 12.8. The number of hydrogen-bond donors (Lipinski definition) is 0. The zero-order chi connectivity index (χ0) is 21.9. The summed E-state index contributed by atoms with van der Waals surface area (Å²) in [5.74, 6) is -0.170. The number of esters is 1. The SMILES string of the molecule is C=C1C(=O)[C@](C)(C(=O)OC)[C@H](CCc2cn(Cc3cccc(OC)c3)nn2)O[C@@H]1C. The second-order valence-electron chi connectivity index (χ2n) is 7.61. The molecule has 0 aliphatic carbocycles. The summed E-state index contributed by atoms with van der Waals surface area (Å²) < 4.78 is 17.8. The fourth-order valence-electron chi connectivity index (χ4n) is 3.69. The number of ketones is 1. The smallest absolute Gasteiger partial charge is 0.322 e. The largest absolute Gasteiger partial charge is 0.497 e. The molecule has 3 rings (SSSR count). The predicted octanol–water partition coefficient (Wildman–Crippen LogP) is 2.36.